The molecule has 0 radical (unpaired) electrons. The number of nitrogens with one attached hydrogen (secondary N) is 2. The van der Waals surface area contributed by atoms with Gasteiger partial charge in [0.2, 0.25) is 5.91 Å². The first-order valence-corrected chi connectivity index (χ1v) is 8.43. The zero-order valence-electron chi connectivity index (χ0n) is 13.4. The van der Waals surface area contributed by atoms with Crippen LogP contribution in [0.4, 0.5) is 5.69 Å². The summed E-state index contributed by atoms with van der Waals surface area (Å²) in [5.74, 6) is 0.194. The molecule has 122 valence electrons. The highest BCUT2D eigenvalue weighted by Gasteiger charge is 2.06. The topological polar surface area (TPSA) is 83.6 Å². The quantitative estimate of drug-likeness (QED) is 0.697. The van der Waals surface area contributed by atoms with Crippen molar-refractivity contribution < 1.29 is 4.79 Å². The zero-order valence-corrected chi connectivity index (χ0v) is 14.2. The summed E-state index contributed by atoms with van der Waals surface area (Å²) in [6.07, 6.45) is 1.49. The monoisotopic (exact) mass is 339 g/mol. The number of pyridine rings is 1. The van der Waals surface area contributed by atoms with Gasteiger partial charge in [0.25, 0.3) is 0 Å². The number of thioether (sulfide) groups is 1. The smallest absolute Gasteiger partial charge is 0.234 e. The summed E-state index contributed by atoms with van der Waals surface area (Å²) in [6, 6.07) is 11.9. The van der Waals surface area contributed by atoms with E-state index in [0.29, 0.717) is 5.16 Å². The standard InChI is InChI=1S/C17H17N5OS/c1-11-7-14(8-12(2)20-11)13-3-5-15(6-4-13)21-16(23)9-24-17-18-10-19-22-17/h3-8,10H,9H2,1-2H3,(H,21,23)(H,18,19,22). The van der Waals surface area contributed by atoms with Gasteiger partial charge in [0.05, 0.1) is 5.75 Å². The molecule has 2 aromatic heterocycles. The van der Waals surface area contributed by atoms with Gasteiger partial charge in [-0.2, -0.15) is 0 Å². The first-order chi connectivity index (χ1) is 11.6. The Bertz CT molecular complexity index is 810. The summed E-state index contributed by atoms with van der Waals surface area (Å²) in [7, 11) is 0. The normalized spacial score (nSPS) is 10.6. The van der Waals surface area contributed by atoms with Crippen LogP contribution in [0.3, 0.4) is 0 Å². The minimum atomic E-state index is -0.0836. The van der Waals surface area contributed by atoms with Crippen LogP contribution in [0.2, 0.25) is 0 Å². The van der Waals surface area contributed by atoms with E-state index in [1.807, 2.05) is 38.1 Å². The van der Waals surface area contributed by atoms with Crippen LogP contribution >= 0.6 is 11.8 Å². The number of hydrogen-bond acceptors (Lipinski definition) is 5. The zero-order chi connectivity index (χ0) is 16.9. The average Bonchev–Trinajstić information content (AvgIpc) is 3.06. The molecule has 0 aliphatic rings. The minimum absolute atomic E-state index is 0.0836. The second-order valence-electron chi connectivity index (χ2n) is 5.35. The SMILES string of the molecule is Cc1cc(-c2ccc(NC(=O)CSc3nnc[nH]3)cc2)cc(C)n1. The molecular weight excluding hydrogens is 322 g/mol. The van der Waals surface area contributed by atoms with Gasteiger partial charge in [0.1, 0.15) is 6.33 Å². The van der Waals surface area contributed by atoms with Gasteiger partial charge < -0.3 is 10.3 Å². The molecule has 0 saturated heterocycles. The van der Waals surface area contributed by atoms with Gasteiger partial charge in [-0.15, -0.1) is 10.2 Å². The predicted octanol–water partition coefficient (Wildman–Crippen LogP) is 3.21. The Hall–Kier alpha value is -2.67. The van der Waals surface area contributed by atoms with Crippen molar-refractivity contribution in [2.45, 2.75) is 19.0 Å². The number of aromatic amines is 1. The third-order valence-corrected chi connectivity index (χ3v) is 4.20. The van der Waals surface area contributed by atoms with E-state index in [1.54, 1.807) is 0 Å². The number of amides is 1. The van der Waals surface area contributed by atoms with E-state index in [4.69, 9.17) is 0 Å². The van der Waals surface area contributed by atoms with Crippen molar-refractivity contribution in [3.05, 3.63) is 54.1 Å². The molecule has 0 atom stereocenters. The lowest BCUT2D eigenvalue weighted by atomic mass is 10.0. The number of nitrogens with zero attached hydrogens (tertiary/aromatic N) is 3. The van der Waals surface area contributed by atoms with Crippen molar-refractivity contribution >= 4 is 23.4 Å². The largest absolute Gasteiger partial charge is 0.325 e. The first-order valence-electron chi connectivity index (χ1n) is 7.44. The molecule has 2 N–H and O–H groups in total. The van der Waals surface area contributed by atoms with Gasteiger partial charge >= 0.3 is 0 Å². The molecule has 0 aliphatic heterocycles. The van der Waals surface area contributed by atoms with E-state index >= 15 is 0 Å². The molecular formula is C17H17N5OS. The second-order valence-corrected chi connectivity index (χ2v) is 6.31. The molecule has 0 aliphatic carbocycles. The van der Waals surface area contributed by atoms with Crippen LogP contribution < -0.4 is 5.32 Å². The van der Waals surface area contributed by atoms with Crippen molar-refractivity contribution in [1.29, 1.82) is 0 Å². The highest BCUT2D eigenvalue weighted by atomic mass is 32.2. The molecule has 0 bridgehead atoms. The molecule has 6 nitrogen and oxygen atoms in total. The number of rotatable bonds is 5. The molecule has 7 heteroatoms. The number of aromatic nitrogens is 4. The Morgan fingerprint density at radius 3 is 2.46 bits per heavy atom. The molecule has 0 saturated carbocycles. The molecule has 0 fully saturated rings. The van der Waals surface area contributed by atoms with Crippen LogP contribution in [0.5, 0.6) is 0 Å². The fourth-order valence-electron chi connectivity index (χ4n) is 2.34. The van der Waals surface area contributed by atoms with E-state index in [2.05, 4.69) is 37.6 Å². The van der Waals surface area contributed by atoms with Crippen molar-refractivity contribution in [3.8, 4) is 11.1 Å². The van der Waals surface area contributed by atoms with Crippen LogP contribution in [0.15, 0.2) is 47.9 Å². The van der Waals surface area contributed by atoms with Crippen molar-refractivity contribution in [3.63, 3.8) is 0 Å². The summed E-state index contributed by atoms with van der Waals surface area (Å²) >= 11 is 1.31. The summed E-state index contributed by atoms with van der Waals surface area (Å²) < 4.78 is 0. The molecule has 24 heavy (non-hydrogen) atoms. The highest BCUT2D eigenvalue weighted by Crippen LogP contribution is 2.23. The fraction of sp³-hybridized carbons (Fsp3) is 0.176. The second kappa shape index (κ2) is 7.27. The maximum absolute atomic E-state index is 11.9. The van der Waals surface area contributed by atoms with Crippen LogP contribution in [0.25, 0.3) is 11.1 Å². The highest BCUT2D eigenvalue weighted by molar-refractivity contribution is 7.99. The van der Waals surface area contributed by atoms with Crippen LogP contribution in [0.1, 0.15) is 11.4 Å². The Morgan fingerprint density at radius 1 is 1.12 bits per heavy atom. The lowest BCUT2D eigenvalue weighted by Crippen LogP contribution is -2.14. The lowest BCUT2D eigenvalue weighted by Gasteiger charge is -2.07. The van der Waals surface area contributed by atoms with Gasteiger partial charge in [0, 0.05) is 17.1 Å². The molecule has 3 rings (SSSR count). The number of hydrogen-bond donors (Lipinski definition) is 2. The van der Waals surface area contributed by atoms with Crippen molar-refractivity contribution in [2.75, 3.05) is 11.1 Å². The lowest BCUT2D eigenvalue weighted by molar-refractivity contribution is -0.113. The minimum Gasteiger partial charge on any atom is -0.325 e. The van der Waals surface area contributed by atoms with Crippen LogP contribution in [-0.2, 0) is 4.79 Å². The van der Waals surface area contributed by atoms with E-state index in [0.717, 1.165) is 28.2 Å². The summed E-state index contributed by atoms with van der Waals surface area (Å²) in [5.41, 5.74) is 4.97. The third kappa shape index (κ3) is 4.20. The third-order valence-electron chi connectivity index (χ3n) is 3.32. The number of anilines is 1. The molecule has 0 unspecified atom stereocenters. The number of benzene rings is 1. The Labute approximate surface area is 144 Å². The van der Waals surface area contributed by atoms with Gasteiger partial charge in [0.15, 0.2) is 5.16 Å². The fourth-order valence-corrected chi connectivity index (χ4v) is 2.92. The molecule has 0 spiro atoms. The Morgan fingerprint density at radius 2 is 1.83 bits per heavy atom. The molecule has 2 heterocycles. The molecule has 1 amide bonds. The summed E-state index contributed by atoms with van der Waals surface area (Å²) in [4.78, 5) is 19.2. The predicted molar refractivity (Wildman–Crippen MR) is 94.9 cm³/mol. The number of carbonyl (C=O) groups is 1. The number of H-pyrrole nitrogens is 1. The number of aryl methyl sites for hydroxylation is 2. The maximum atomic E-state index is 11.9. The molecule has 3 aromatic rings. The summed E-state index contributed by atoms with van der Waals surface area (Å²) in [5, 5.41) is 11.0. The van der Waals surface area contributed by atoms with Gasteiger partial charge in [-0.05, 0) is 49.2 Å². The van der Waals surface area contributed by atoms with E-state index in [1.165, 1.54) is 18.1 Å². The number of carbonyl (C=O) groups excluding carboxylic acids is 1. The summed E-state index contributed by atoms with van der Waals surface area (Å²) in [6.45, 7) is 3.97. The van der Waals surface area contributed by atoms with E-state index < -0.39 is 0 Å². The van der Waals surface area contributed by atoms with Crippen molar-refractivity contribution in [2.24, 2.45) is 0 Å². The van der Waals surface area contributed by atoms with Gasteiger partial charge in [-0.25, -0.2) is 0 Å². The Kier molecular flexibility index (Phi) is 4.90. The van der Waals surface area contributed by atoms with E-state index in [9.17, 15) is 4.79 Å². The molecule has 1 aromatic carbocycles. The maximum Gasteiger partial charge on any atom is 0.234 e. The van der Waals surface area contributed by atoms with Crippen LogP contribution in [0, 0.1) is 13.8 Å². The van der Waals surface area contributed by atoms with Crippen molar-refractivity contribution in [1.82, 2.24) is 20.2 Å². The van der Waals surface area contributed by atoms with E-state index in [-0.39, 0.29) is 11.7 Å². The average molecular weight is 339 g/mol. The Balaban J connectivity index is 1.62. The van der Waals surface area contributed by atoms with Gasteiger partial charge in [-0.3, -0.25) is 9.78 Å². The van der Waals surface area contributed by atoms with Gasteiger partial charge in [-0.1, -0.05) is 23.9 Å². The van der Waals surface area contributed by atoms with Crippen LogP contribution in [-0.4, -0.2) is 31.8 Å². The first kappa shape index (κ1) is 16.2.